The lowest BCUT2D eigenvalue weighted by Gasteiger charge is -2.26. The first kappa shape index (κ1) is 20.5. The number of guanidine groups is 1. The standard InChI is InChI=1S/C18H25N5O2.HI/c19-18(22-15-3-1-2-4-15)21-11-13-5-7-14(8-6-13)17(25)23-10-9-20-16(24)12-23;/h5-8,15H,1-4,9-12H2,(H,20,24)(H3,19,21,22);1H. The van der Waals surface area contributed by atoms with Gasteiger partial charge < -0.3 is 21.3 Å². The van der Waals surface area contributed by atoms with Gasteiger partial charge in [0.05, 0.1) is 13.1 Å². The minimum Gasteiger partial charge on any atom is -0.370 e. The topological polar surface area (TPSA) is 99.8 Å². The second-order valence-electron chi connectivity index (χ2n) is 6.60. The minimum atomic E-state index is -0.118. The number of piperazine rings is 1. The fourth-order valence-electron chi connectivity index (χ4n) is 3.25. The van der Waals surface area contributed by atoms with Crippen molar-refractivity contribution in [3.8, 4) is 0 Å². The summed E-state index contributed by atoms with van der Waals surface area (Å²) in [5.74, 6) is 0.245. The van der Waals surface area contributed by atoms with E-state index in [1.165, 1.54) is 12.8 Å². The van der Waals surface area contributed by atoms with E-state index in [2.05, 4.69) is 15.6 Å². The predicted molar refractivity (Wildman–Crippen MR) is 111 cm³/mol. The summed E-state index contributed by atoms with van der Waals surface area (Å²) >= 11 is 0. The summed E-state index contributed by atoms with van der Waals surface area (Å²) in [4.78, 5) is 29.7. The van der Waals surface area contributed by atoms with E-state index in [1.807, 2.05) is 12.1 Å². The smallest absolute Gasteiger partial charge is 0.254 e. The molecule has 1 aliphatic heterocycles. The van der Waals surface area contributed by atoms with Gasteiger partial charge in [-0.05, 0) is 30.5 Å². The van der Waals surface area contributed by atoms with E-state index in [0.717, 1.165) is 18.4 Å². The zero-order valence-electron chi connectivity index (χ0n) is 14.7. The van der Waals surface area contributed by atoms with Crippen LogP contribution >= 0.6 is 24.0 Å². The number of aliphatic imine (C=N–C) groups is 1. The summed E-state index contributed by atoms with van der Waals surface area (Å²) < 4.78 is 0. The van der Waals surface area contributed by atoms with E-state index in [1.54, 1.807) is 17.0 Å². The van der Waals surface area contributed by atoms with Crippen LogP contribution in [-0.4, -0.2) is 48.3 Å². The maximum Gasteiger partial charge on any atom is 0.254 e. The molecule has 7 nitrogen and oxygen atoms in total. The first-order chi connectivity index (χ1) is 12.1. The van der Waals surface area contributed by atoms with Crippen LogP contribution in [0.4, 0.5) is 0 Å². The van der Waals surface area contributed by atoms with Crippen LogP contribution in [-0.2, 0) is 11.3 Å². The van der Waals surface area contributed by atoms with Crippen molar-refractivity contribution in [1.29, 1.82) is 0 Å². The van der Waals surface area contributed by atoms with E-state index in [4.69, 9.17) is 5.73 Å². The Kier molecular flexibility index (Phi) is 7.67. The lowest BCUT2D eigenvalue weighted by molar-refractivity contribution is -0.123. The van der Waals surface area contributed by atoms with Crippen molar-refractivity contribution in [3.63, 3.8) is 0 Å². The van der Waals surface area contributed by atoms with Gasteiger partial charge in [0.1, 0.15) is 0 Å². The number of halogens is 1. The molecule has 2 aliphatic rings. The van der Waals surface area contributed by atoms with Crippen molar-refractivity contribution in [2.45, 2.75) is 38.3 Å². The Morgan fingerprint density at radius 3 is 2.62 bits per heavy atom. The van der Waals surface area contributed by atoms with Gasteiger partial charge in [-0.15, -0.1) is 24.0 Å². The van der Waals surface area contributed by atoms with Gasteiger partial charge in [0.15, 0.2) is 5.96 Å². The van der Waals surface area contributed by atoms with Gasteiger partial charge >= 0.3 is 0 Å². The summed E-state index contributed by atoms with van der Waals surface area (Å²) in [7, 11) is 0. The summed E-state index contributed by atoms with van der Waals surface area (Å²) in [6.45, 7) is 1.64. The number of carbonyl (C=O) groups excluding carboxylic acids is 2. The molecule has 1 heterocycles. The van der Waals surface area contributed by atoms with Gasteiger partial charge in [-0.3, -0.25) is 9.59 Å². The highest BCUT2D eigenvalue weighted by atomic mass is 127. The summed E-state index contributed by atoms with van der Waals surface area (Å²) in [6, 6.07) is 7.76. The lowest BCUT2D eigenvalue weighted by Crippen LogP contribution is -2.49. The summed E-state index contributed by atoms with van der Waals surface area (Å²) in [5, 5.41) is 5.97. The second-order valence-corrected chi connectivity index (χ2v) is 6.60. The Bertz CT molecular complexity index is 656. The molecule has 0 unspecified atom stereocenters. The molecule has 1 saturated heterocycles. The van der Waals surface area contributed by atoms with Gasteiger partial charge in [0, 0.05) is 24.7 Å². The van der Waals surface area contributed by atoms with Crippen LogP contribution < -0.4 is 16.4 Å². The average Bonchev–Trinajstić information content (AvgIpc) is 3.13. The van der Waals surface area contributed by atoms with Crippen LogP contribution in [0.15, 0.2) is 29.3 Å². The maximum atomic E-state index is 12.4. The maximum absolute atomic E-state index is 12.4. The first-order valence-electron chi connectivity index (χ1n) is 8.83. The molecule has 2 amide bonds. The number of carbonyl (C=O) groups is 2. The molecule has 1 aromatic rings. The number of hydrogen-bond donors (Lipinski definition) is 3. The molecule has 3 rings (SSSR count). The molecule has 0 atom stereocenters. The molecule has 1 saturated carbocycles. The first-order valence-corrected chi connectivity index (χ1v) is 8.83. The molecule has 0 bridgehead atoms. The van der Waals surface area contributed by atoms with Crippen molar-refractivity contribution in [3.05, 3.63) is 35.4 Å². The largest absolute Gasteiger partial charge is 0.370 e. The fraction of sp³-hybridized carbons (Fsp3) is 0.500. The monoisotopic (exact) mass is 471 g/mol. The van der Waals surface area contributed by atoms with Crippen molar-refractivity contribution in [1.82, 2.24) is 15.5 Å². The second kappa shape index (κ2) is 9.75. The third-order valence-electron chi connectivity index (χ3n) is 4.67. The molecule has 0 spiro atoms. The van der Waals surface area contributed by atoms with Crippen LogP contribution in [0.2, 0.25) is 0 Å². The van der Waals surface area contributed by atoms with Crippen LogP contribution in [0.3, 0.4) is 0 Å². The predicted octanol–water partition coefficient (Wildman–Crippen LogP) is 1.22. The van der Waals surface area contributed by atoms with E-state index in [9.17, 15) is 9.59 Å². The van der Waals surface area contributed by atoms with E-state index in [-0.39, 0.29) is 42.3 Å². The highest BCUT2D eigenvalue weighted by Crippen LogP contribution is 2.17. The Hall–Kier alpha value is -1.84. The molecule has 8 heteroatoms. The molecule has 1 aliphatic carbocycles. The Morgan fingerprint density at radius 2 is 1.96 bits per heavy atom. The normalized spacial score (nSPS) is 18.2. The number of rotatable bonds is 4. The van der Waals surface area contributed by atoms with Crippen LogP contribution in [0.1, 0.15) is 41.6 Å². The Balaban J connectivity index is 0.00000243. The fourth-order valence-corrected chi connectivity index (χ4v) is 3.25. The molecule has 4 N–H and O–H groups in total. The zero-order valence-corrected chi connectivity index (χ0v) is 17.1. The van der Waals surface area contributed by atoms with Gasteiger partial charge in [0.25, 0.3) is 5.91 Å². The molecule has 142 valence electrons. The van der Waals surface area contributed by atoms with Gasteiger partial charge in [-0.25, -0.2) is 4.99 Å². The molecular weight excluding hydrogens is 445 g/mol. The van der Waals surface area contributed by atoms with E-state index >= 15 is 0 Å². The molecule has 2 fully saturated rings. The lowest BCUT2D eigenvalue weighted by atomic mass is 10.1. The van der Waals surface area contributed by atoms with Crippen LogP contribution in [0.5, 0.6) is 0 Å². The minimum absolute atomic E-state index is 0. The number of nitrogens with one attached hydrogen (secondary N) is 2. The third-order valence-corrected chi connectivity index (χ3v) is 4.67. The third kappa shape index (κ3) is 5.58. The number of benzene rings is 1. The van der Waals surface area contributed by atoms with Crippen molar-refractivity contribution < 1.29 is 9.59 Å². The van der Waals surface area contributed by atoms with Crippen molar-refractivity contribution in [2.75, 3.05) is 19.6 Å². The summed E-state index contributed by atoms with van der Waals surface area (Å²) in [6.07, 6.45) is 4.81. The molecule has 1 aromatic carbocycles. The number of hydrogen-bond acceptors (Lipinski definition) is 3. The number of nitrogens with two attached hydrogens (primary N) is 1. The van der Waals surface area contributed by atoms with Crippen molar-refractivity contribution in [2.24, 2.45) is 10.7 Å². The number of amides is 2. The quantitative estimate of drug-likeness (QED) is 0.350. The highest BCUT2D eigenvalue weighted by Gasteiger charge is 2.22. The van der Waals surface area contributed by atoms with E-state index in [0.29, 0.717) is 37.2 Å². The van der Waals surface area contributed by atoms with Gasteiger partial charge in [-0.1, -0.05) is 25.0 Å². The Morgan fingerprint density at radius 1 is 1.27 bits per heavy atom. The van der Waals surface area contributed by atoms with Crippen LogP contribution in [0.25, 0.3) is 0 Å². The van der Waals surface area contributed by atoms with Gasteiger partial charge in [-0.2, -0.15) is 0 Å². The SMILES string of the molecule is I.NC(=NCc1ccc(C(=O)N2CCNC(=O)C2)cc1)NC1CCCC1. The molecular formula is C18H26IN5O2. The molecule has 0 aromatic heterocycles. The highest BCUT2D eigenvalue weighted by molar-refractivity contribution is 14.0. The summed E-state index contributed by atoms with van der Waals surface area (Å²) in [5.41, 5.74) is 7.50. The van der Waals surface area contributed by atoms with Crippen molar-refractivity contribution >= 4 is 41.8 Å². The molecule has 26 heavy (non-hydrogen) atoms. The molecule has 0 radical (unpaired) electrons. The Labute approximate surface area is 170 Å². The van der Waals surface area contributed by atoms with Crippen LogP contribution in [0, 0.1) is 0 Å². The van der Waals surface area contributed by atoms with E-state index < -0.39 is 0 Å². The number of nitrogens with zero attached hydrogens (tertiary/aromatic N) is 2. The average molecular weight is 471 g/mol. The van der Waals surface area contributed by atoms with Gasteiger partial charge in [0.2, 0.25) is 5.91 Å². The zero-order chi connectivity index (χ0) is 17.6.